The highest BCUT2D eigenvalue weighted by Crippen LogP contribution is 2.69. The van der Waals surface area contributed by atoms with E-state index in [9.17, 15) is 0 Å². The van der Waals surface area contributed by atoms with Crippen molar-refractivity contribution in [2.45, 2.75) is 81.5 Å². The van der Waals surface area contributed by atoms with E-state index < -0.39 is 0 Å². The van der Waals surface area contributed by atoms with Crippen molar-refractivity contribution in [3.8, 4) is 0 Å². The van der Waals surface area contributed by atoms with Gasteiger partial charge in [0.05, 0.1) is 11.2 Å². The average molecular weight is 439 g/mol. The monoisotopic (exact) mass is 438 g/mol. The third-order valence-electron chi connectivity index (χ3n) is 10.7. The molecule has 0 amide bonds. The van der Waals surface area contributed by atoms with Crippen LogP contribution in [0.1, 0.15) is 69.8 Å². The molecule has 2 saturated heterocycles. The molecule has 2 bridgehead atoms. The number of rotatable bonds is 2. The SMILES string of the molecule is C[C@]12CC=C3C=C4CC[C@@H](N5CC5)C[C@]45CC[C@]3(O5)[C@@H]1CC[C@@H]2c1ccc2ccncc2c1. The van der Waals surface area contributed by atoms with Gasteiger partial charge in [0.2, 0.25) is 0 Å². The van der Waals surface area contributed by atoms with Crippen molar-refractivity contribution in [1.82, 2.24) is 9.88 Å². The Morgan fingerprint density at radius 1 is 1.06 bits per heavy atom. The first-order chi connectivity index (χ1) is 16.1. The first-order valence-electron chi connectivity index (χ1n) is 13.3. The molecule has 0 radical (unpaired) electrons. The van der Waals surface area contributed by atoms with Crippen molar-refractivity contribution in [3.63, 3.8) is 0 Å². The van der Waals surface area contributed by atoms with Crippen molar-refractivity contribution < 1.29 is 4.74 Å². The maximum Gasteiger partial charge on any atom is 0.0974 e. The van der Waals surface area contributed by atoms with Crippen molar-refractivity contribution in [2.75, 3.05) is 13.1 Å². The van der Waals surface area contributed by atoms with Crippen molar-refractivity contribution in [2.24, 2.45) is 11.3 Å². The average Bonchev–Trinajstić information content (AvgIpc) is 3.56. The number of hydrogen-bond donors (Lipinski definition) is 0. The van der Waals surface area contributed by atoms with Crippen LogP contribution in [0.5, 0.6) is 0 Å². The van der Waals surface area contributed by atoms with Crippen LogP contribution in [0.3, 0.4) is 0 Å². The first kappa shape index (κ1) is 19.3. The van der Waals surface area contributed by atoms with E-state index in [0.717, 1.165) is 6.04 Å². The van der Waals surface area contributed by atoms with Crippen LogP contribution in [0.4, 0.5) is 0 Å². The van der Waals surface area contributed by atoms with Crippen molar-refractivity contribution in [1.29, 1.82) is 0 Å². The van der Waals surface area contributed by atoms with Crippen LogP contribution < -0.4 is 0 Å². The highest BCUT2D eigenvalue weighted by atomic mass is 16.5. The second-order valence-corrected chi connectivity index (χ2v) is 12.1. The first-order valence-corrected chi connectivity index (χ1v) is 13.3. The summed E-state index contributed by atoms with van der Waals surface area (Å²) in [6, 6.07) is 9.99. The lowest BCUT2D eigenvalue weighted by atomic mass is 9.58. The number of allylic oxidation sites excluding steroid dienone is 1. The fourth-order valence-electron chi connectivity index (χ4n) is 8.98. The molecular weight excluding hydrogens is 404 g/mol. The quantitative estimate of drug-likeness (QED) is 0.525. The second-order valence-electron chi connectivity index (χ2n) is 12.1. The number of aromatic nitrogens is 1. The summed E-state index contributed by atoms with van der Waals surface area (Å²) in [5.41, 5.74) is 4.94. The van der Waals surface area contributed by atoms with Gasteiger partial charge in [0.1, 0.15) is 0 Å². The standard InChI is InChI=1S/C30H34N2O/c1-28-10-8-24-17-23-4-5-25(32-14-15-32)18-29(23)11-12-30(24,33-29)27(28)7-6-26(28)21-3-2-20-9-13-31-19-22(20)16-21/h2-3,8-9,13,16-17,19,25-27H,4-7,10-12,14-15,18H2,1H3/t25-,26-,27-,28-,29-,30-/m1/s1. The van der Waals surface area contributed by atoms with Gasteiger partial charge >= 0.3 is 0 Å². The molecule has 1 aromatic carbocycles. The van der Waals surface area contributed by atoms with Gasteiger partial charge in [-0.1, -0.05) is 31.2 Å². The van der Waals surface area contributed by atoms with Crippen LogP contribution in [0.15, 0.2) is 60.0 Å². The summed E-state index contributed by atoms with van der Waals surface area (Å²) in [6.07, 6.45) is 19.2. The molecule has 2 spiro atoms. The Kier molecular flexibility index (Phi) is 3.73. The van der Waals surface area contributed by atoms with Gasteiger partial charge in [0.25, 0.3) is 0 Å². The van der Waals surface area contributed by atoms with Gasteiger partial charge in [-0.15, -0.1) is 0 Å². The zero-order chi connectivity index (χ0) is 21.8. The lowest BCUT2D eigenvalue weighted by molar-refractivity contribution is -0.138. The van der Waals surface area contributed by atoms with E-state index in [2.05, 4.69) is 53.2 Å². The van der Waals surface area contributed by atoms with E-state index in [1.807, 2.05) is 12.4 Å². The fourth-order valence-corrected chi connectivity index (χ4v) is 8.98. The van der Waals surface area contributed by atoms with Crippen LogP contribution >= 0.6 is 0 Å². The van der Waals surface area contributed by atoms with Crippen LogP contribution in [0.2, 0.25) is 0 Å². The number of benzene rings is 1. The smallest absolute Gasteiger partial charge is 0.0974 e. The molecule has 3 aliphatic heterocycles. The van der Waals surface area contributed by atoms with E-state index in [0.29, 0.717) is 11.8 Å². The Hall–Kier alpha value is -1.97. The number of nitrogens with zero attached hydrogens (tertiary/aromatic N) is 2. The molecule has 170 valence electrons. The van der Waals surface area contributed by atoms with E-state index in [4.69, 9.17) is 4.74 Å². The highest BCUT2D eigenvalue weighted by molar-refractivity contribution is 5.82. The molecule has 1 aromatic heterocycles. The molecule has 3 aliphatic carbocycles. The molecule has 6 aliphatic rings. The highest BCUT2D eigenvalue weighted by Gasteiger charge is 2.66. The minimum atomic E-state index is -0.0373. The molecule has 4 heterocycles. The Bertz CT molecular complexity index is 1230. The summed E-state index contributed by atoms with van der Waals surface area (Å²) in [5, 5.41) is 2.57. The number of pyridine rings is 1. The zero-order valence-corrected chi connectivity index (χ0v) is 19.7. The summed E-state index contributed by atoms with van der Waals surface area (Å²) in [4.78, 5) is 7.06. The van der Waals surface area contributed by atoms with E-state index in [1.54, 1.807) is 11.1 Å². The van der Waals surface area contributed by atoms with Gasteiger partial charge in [-0.05, 0) is 103 Å². The van der Waals surface area contributed by atoms with Crippen molar-refractivity contribution in [3.05, 3.63) is 65.5 Å². The molecule has 2 saturated carbocycles. The van der Waals surface area contributed by atoms with E-state index >= 15 is 0 Å². The fraction of sp³-hybridized carbons (Fsp3) is 0.567. The van der Waals surface area contributed by atoms with Crippen LogP contribution in [0, 0.1) is 11.3 Å². The molecule has 0 unspecified atom stereocenters. The third kappa shape index (κ3) is 2.51. The Balaban J connectivity index is 1.18. The lowest BCUT2D eigenvalue weighted by Crippen LogP contribution is -2.54. The van der Waals surface area contributed by atoms with Crippen LogP contribution in [-0.2, 0) is 4.74 Å². The molecule has 0 N–H and O–H groups in total. The third-order valence-corrected chi connectivity index (χ3v) is 10.7. The predicted octanol–water partition coefficient (Wildman–Crippen LogP) is 6.16. The molecule has 4 fully saturated rings. The van der Waals surface area contributed by atoms with Gasteiger partial charge in [-0.2, -0.15) is 0 Å². The normalized spacial score (nSPS) is 43.5. The van der Waals surface area contributed by atoms with Gasteiger partial charge in [-0.25, -0.2) is 0 Å². The zero-order valence-electron chi connectivity index (χ0n) is 19.7. The summed E-state index contributed by atoms with van der Waals surface area (Å²) in [7, 11) is 0. The molecule has 33 heavy (non-hydrogen) atoms. The Labute approximate surface area is 196 Å². The predicted molar refractivity (Wildman–Crippen MR) is 131 cm³/mol. The molecule has 3 heteroatoms. The Morgan fingerprint density at radius 2 is 2.00 bits per heavy atom. The topological polar surface area (TPSA) is 25.1 Å². The summed E-state index contributed by atoms with van der Waals surface area (Å²) < 4.78 is 7.45. The van der Waals surface area contributed by atoms with Gasteiger partial charge in [0, 0.05) is 36.9 Å². The Morgan fingerprint density at radius 3 is 2.91 bits per heavy atom. The minimum Gasteiger partial charge on any atom is -0.359 e. The summed E-state index contributed by atoms with van der Waals surface area (Å²) in [6.45, 7) is 5.19. The number of ether oxygens (including phenoxy) is 1. The largest absolute Gasteiger partial charge is 0.359 e. The molecule has 8 rings (SSSR count). The number of fused-ring (bicyclic) bond motifs is 2. The van der Waals surface area contributed by atoms with Gasteiger partial charge < -0.3 is 4.74 Å². The van der Waals surface area contributed by atoms with E-state index in [1.165, 1.54) is 80.8 Å². The summed E-state index contributed by atoms with van der Waals surface area (Å²) >= 11 is 0. The van der Waals surface area contributed by atoms with Crippen LogP contribution in [-0.4, -0.2) is 40.2 Å². The van der Waals surface area contributed by atoms with Gasteiger partial charge in [-0.3, -0.25) is 9.88 Å². The minimum absolute atomic E-state index is 0.0355. The molecule has 3 nitrogen and oxygen atoms in total. The van der Waals surface area contributed by atoms with E-state index in [-0.39, 0.29) is 16.6 Å². The van der Waals surface area contributed by atoms with Crippen LogP contribution in [0.25, 0.3) is 10.8 Å². The lowest BCUT2D eigenvalue weighted by Gasteiger charge is -2.54. The van der Waals surface area contributed by atoms with Crippen molar-refractivity contribution >= 4 is 10.8 Å². The second kappa shape index (κ2) is 6.37. The maximum absolute atomic E-state index is 7.45. The number of hydrogen-bond acceptors (Lipinski definition) is 3. The van der Waals surface area contributed by atoms with Gasteiger partial charge in [0.15, 0.2) is 0 Å². The maximum atomic E-state index is 7.45. The molecular formula is C30H34N2O. The summed E-state index contributed by atoms with van der Waals surface area (Å²) in [5.74, 6) is 1.22. The molecule has 2 aromatic rings. The molecule has 6 atom stereocenters.